The number of anilines is 1. The van der Waals surface area contributed by atoms with Gasteiger partial charge in [0.15, 0.2) is 0 Å². The van der Waals surface area contributed by atoms with Gasteiger partial charge < -0.3 is 4.90 Å². The fourth-order valence-electron chi connectivity index (χ4n) is 2.09. The molecule has 0 aromatic heterocycles. The van der Waals surface area contributed by atoms with Gasteiger partial charge in [-0.25, -0.2) is 0 Å². The summed E-state index contributed by atoms with van der Waals surface area (Å²) < 4.78 is 0. The highest BCUT2D eigenvalue weighted by atomic mass is 35.5. The number of halogens is 2. The topological polar surface area (TPSA) is 27.0 Å². The third-order valence-electron chi connectivity index (χ3n) is 3.37. The van der Waals surface area contributed by atoms with Crippen molar-refractivity contribution >= 4 is 28.9 Å². The molecule has 2 rings (SSSR count). The highest BCUT2D eigenvalue weighted by Crippen LogP contribution is 2.31. The Morgan fingerprint density at radius 3 is 2.45 bits per heavy atom. The second-order valence-electron chi connectivity index (χ2n) is 4.62. The van der Waals surface area contributed by atoms with Gasteiger partial charge in [0.2, 0.25) is 0 Å². The number of nitriles is 1. The Morgan fingerprint density at radius 1 is 1.10 bits per heavy atom. The van der Waals surface area contributed by atoms with Crippen LogP contribution in [0.25, 0.3) is 0 Å². The van der Waals surface area contributed by atoms with E-state index in [4.69, 9.17) is 23.2 Å². The Morgan fingerprint density at radius 2 is 1.80 bits per heavy atom. The third kappa shape index (κ3) is 3.07. The molecule has 2 nitrogen and oxygen atoms in total. The normalized spacial score (nSPS) is 11.8. The number of hydrogen-bond acceptors (Lipinski definition) is 2. The molecule has 4 heteroatoms. The lowest BCUT2D eigenvalue weighted by atomic mass is 10.1. The highest BCUT2D eigenvalue weighted by Gasteiger charge is 2.16. The van der Waals surface area contributed by atoms with Gasteiger partial charge in [-0.1, -0.05) is 35.3 Å². The van der Waals surface area contributed by atoms with Gasteiger partial charge in [0.1, 0.15) is 6.07 Å². The van der Waals surface area contributed by atoms with Crippen molar-refractivity contribution in [1.29, 1.82) is 5.26 Å². The SMILES string of the molecule is CC(c1cccc(Cl)c1)N(C)c1cc(Cl)ccc1C#N. The van der Waals surface area contributed by atoms with Crippen molar-refractivity contribution in [2.45, 2.75) is 13.0 Å². The van der Waals surface area contributed by atoms with E-state index in [9.17, 15) is 5.26 Å². The van der Waals surface area contributed by atoms with Crippen molar-refractivity contribution in [2.75, 3.05) is 11.9 Å². The molecule has 2 aromatic carbocycles. The maximum atomic E-state index is 9.21. The molecule has 0 amide bonds. The predicted octanol–water partition coefficient (Wildman–Crippen LogP) is 5.06. The maximum Gasteiger partial charge on any atom is 0.101 e. The molecule has 102 valence electrons. The molecule has 1 unspecified atom stereocenters. The van der Waals surface area contributed by atoms with Gasteiger partial charge >= 0.3 is 0 Å². The molecule has 0 N–H and O–H groups in total. The van der Waals surface area contributed by atoms with Gasteiger partial charge in [-0.2, -0.15) is 5.26 Å². The molecule has 0 saturated carbocycles. The van der Waals surface area contributed by atoms with Gasteiger partial charge in [0, 0.05) is 17.1 Å². The first-order valence-corrected chi connectivity index (χ1v) is 6.96. The Hall–Kier alpha value is -1.69. The Bertz CT molecular complexity index is 662. The monoisotopic (exact) mass is 304 g/mol. The fraction of sp³-hybridized carbons (Fsp3) is 0.188. The zero-order valence-electron chi connectivity index (χ0n) is 11.3. The van der Waals surface area contributed by atoms with Crippen LogP contribution in [0.5, 0.6) is 0 Å². The quantitative estimate of drug-likeness (QED) is 0.792. The third-order valence-corrected chi connectivity index (χ3v) is 3.84. The van der Waals surface area contributed by atoms with E-state index in [0.717, 1.165) is 11.3 Å². The lowest BCUT2D eigenvalue weighted by molar-refractivity contribution is 0.739. The van der Waals surface area contributed by atoms with Crippen LogP contribution in [-0.2, 0) is 0 Å². The van der Waals surface area contributed by atoms with Crippen LogP contribution in [0.4, 0.5) is 5.69 Å². The van der Waals surface area contributed by atoms with Crippen LogP contribution in [0.1, 0.15) is 24.1 Å². The van der Waals surface area contributed by atoms with Crippen molar-refractivity contribution in [3.63, 3.8) is 0 Å². The lowest BCUT2D eigenvalue weighted by Gasteiger charge is -2.28. The van der Waals surface area contributed by atoms with E-state index in [-0.39, 0.29) is 6.04 Å². The minimum atomic E-state index is 0.0827. The van der Waals surface area contributed by atoms with E-state index in [1.807, 2.05) is 36.2 Å². The summed E-state index contributed by atoms with van der Waals surface area (Å²) in [5, 5.41) is 10.5. The van der Waals surface area contributed by atoms with Crippen molar-refractivity contribution in [3.8, 4) is 6.07 Å². The molecule has 0 bridgehead atoms. The minimum absolute atomic E-state index is 0.0827. The molecule has 0 fully saturated rings. The van der Waals surface area contributed by atoms with E-state index in [2.05, 4.69) is 13.0 Å². The zero-order valence-corrected chi connectivity index (χ0v) is 12.8. The van der Waals surface area contributed by atoms with Gasteiger partial charge in [0.05, 0.1) is 17.3 Å². The standard InChI is InChI=1S/C16H14Cl2N2/c1-11(12-4-3-5-14(17)8-12)20(2)16-9-15(18)7-6-13(16)10-19/h3-9,11H,1-2H3. The van der Waals surface area contributed by atoms with E-state index in [0.29, 0.717) is 15.6 Å². The highest BCUT2D eigenvalue weighted by molar-refractivity contribution is 6.31. The molecule has 0 radical (unpaired) electrons. The van der Waals surface area contributed by atoms with E-state index >= 15 is 0 Å². The first-order valence-electron chi connectivity index (χ1n) is 6.21. The van der Waals surface area contributed by atoms with Crippen LogP contribution in [0.3, 0.4) is 0 Å². The van der Waals surface area contributed by atoms with Crippen LogP contribution in [0.2, 0.25) is 10.0 Å². The van der Waals surface area contributed by atoms with Gasteiger partial charge in [0.25, 0.3) is 0 Å². The summed E-state index contributed by atoms with van der Waals surface area (Å²) in [4.78, 5) is 2.02. The zero-order chi connectivity index (χ0) is 14.7. The fourth-order valence-corrected chi connectivity index (χ4v) is 2.45. The van der Waals surface area contributed by atoms with Crippen molar-refractivity contribution in [1.82, 2.24) is 0 Å². The predicted molar refractivity (Wildman–Crippen MR) is 84.4 cm³/mol. The summed E-state index contributed by atoms with van der Waals surface area (Å²) in [6.07, 6.45) is 0. The first kappa shape index (κ1) is 14.7. The molecule has 0 aliphatic rings. The van der Waals surface area contributed by atoms with Gasteiger partial charge in [-0.05, 0) is 42.8 Å². The van der Waals surface area contributed by atoms with Crippen LogP contribution in [0, 0.1) is 11.3 Å². The number of benzene rings is 2. The van der Waals surface area contributed by atoms with Crippen molar-refractivity contribution < 1.29 is 0 Å². The lowest BCUT2D eigenvalue weighted by Crippen LogP contribution is -2.22. The summed E-state index contributed by atoms with van der Waals surface area (Å²) in [5.41, 5.74) is 2.50. The number of rotatable bonds is 3. The summed E-state index contributed by atoms with van der Waals surface area (Å²) in [7, 11) is 1.94. The molecule has 0 spiro atoms. The number of nitrogens with zero attached hydrogens (tertiary/aromatic N) is 2. The van der Waals surface area contributed by atoms with Crippen LogP contribution < -0.4 is 4.90 Å². The molecule has 20 heavy (non-hydrogen) atoms. The van der Waals surface area contributed by atoms with E-state index < -0.39 is 0 Å². The Labute approximate surface area is 129 Å². The Kier molecular flexibility index (Phi) is 4.54. The van der Waals surface area contributed by atoms with Crippen LogP contribution in [0.15, 0.2) is 42.5 Å². The molecular formula is C16H14Cl2N2. The second kappa shape index (κ2) is 6.17. The average molecular weight is 305 g/mol. The first-order chi connectivity index (χ1) is 9.52. The Balaban J connectivity index is 2.38. The molecule has 0 heterocycles. The van der Waals surface area contributed by atoms with Gasteiger partial charge in [-0.3, -0.25) is 0 Å². The molecular weight excluding hydrogens is 291 g/mol. The summed E-state index contributed by atoms with van der Waals surface area (Å²) in [5.74, 6) is 0. The molecule has 2 aromatic rings. The molecule has 0 aliphatic heterocycles. The van der Waals surface area contributed by atoms with Crippen LogP contribution in [-0.4, -0.2) is 7.05 Å². The minimum Gasteiger partial charge on any atom is -0.367 e. The van der Waals surface area contributed by atoms with Crippen LogP contribution >= 0.6 is 23.2 Å². The van der Waals surface area contributed by atoms with Gasteiger partial charge in [-0.15, -0.1) is 0 Å². The second-order valence-corrected chi connectivity index (χ2v) is 5.49. The van der Waals surface area contributed by atoms with E-state index in [1.165, 1.54) is 0 Å². The largest absolute Gasteiger partial charge is 0.367 e. The maximum absolute atomic E-state index is 9.21. The molecule has 0 saturated heterocycles. The smallest absolute Gasteiger partial charge is 0.101 e. The van der Waals surface area contributed by atoms with Crippen molar-refractivity contribution in [2.24, 2.45) is 0 Å². The average Bonchev–Trinajstić information content (AvgIpc) is 2.45. The molecule has 1 atom stereocenters. The summed E-state index contributed by atoms with van der Waals surface area (Å²) in [6, 6.07) is 15.3. The van der Waals surface area contributed by atoms with Crippen molar-refractivity contribution in [3.05, 3.63) is 63.6 Å². The summed E-state index contributed by atoms with van der Waals surface area (Å²) >= 11 is 12.1. The summed E-state index contributed by atoms with van der Waals surface area (Å²) in [6.45, 7) is 2.06. The molecule has 0 aliphatic carbocycles. The van der Waals surface area contributed by atoms with E-state index in [1.54, 1.807) is 18.2 Å². The number of hydrogen-bond donors (Lipinski definition) is 0.